The second-order valence-corrected chi connectivity index (χ2v) is 5.71. The van der Waals surface area contributed by atoms with E-state index in [2.05, 4.69) is 39.5 Å². The van der Waals surface area contributed by atoms with Crippen molar-refractivity contribution in [1.29, 1.82) is 0 Å². The molecule has 0 spiro atoms. The van der Waals surface area contributed by atoms with Gasteiger partial charge in [0.2, 0.25) is 0 Å². The van der Waals surface area contributed by atoms with Gasteiger partial charge in [-0.05, 0) is 43.4 Å². The molecule has 16 heavy (non-hydrogen) atoms. The van der Waals surface area contributed by atoms with Crippen LogP contribution in [0.5, 0.6) is 0 Å². The normalized spacial score (nSPS) is 34.1. The van der Waals surface area contributed by atoms with Crippen LogP contribution in [0.2, 0.25) is 0 Å². The van der Waals surface area contributed by atoms with E-state index in [9.17, 15) is 5.11 Å². The Morgan fingerprint density at radius 2 is 2.00 bits per heavy atom. The Kier molecular flexibility index (Phi) is 4.37. The summed E-state index contributed by atoms with van der Waals surface area (Å²) in [5.41, 5.74) is -0.459. The monoisotopic (exact) mass is 222 g/mol. The Labute approximate surface area is 100 Å². The molecule has 1 saturated carbocycles. The van der Waals surface area contributed by atoms with Gasteiger partial charge in [-0.25, -0.2) is 0 Å². The van der Waals surface area contributed by atoms with Crippen molar-refractivity contribution in [2.75, 3.05) is 0 Å². The van der Waals surface area contributed by atoms with E-state index in [4.69, 9.17) is 0 Å². The minimum Gasteiger partial charge on any atom is -0.385 e. The second-order valence-electron chi connectivity index (χ2n) is 5.71. The molecular formula is C15H26O. The Morgan fingerprint density at radius 1 is 1.31 bits per heavy atom. The molecule has 1 aliphatic rings. The van der Waals surface area contributed by atoms with Crippen LogP contribution in [0.15, 0.2) is 24.8 Å². The van der Waals surface area contributed by atoms with E-state index in [1.807, 2.05) is 0 Å². The molecule has 1 N–H and O–H groups in total. The molecule has 1 heteroatoms. The molecule has 0 amide bonds. The molecule has 0 unspecified atom stereocenters. The average Bonchev–Trinajstić information content (AvgIpc) is 2.22. The van der Waals surface area contributed by atoms with E-state index in [1.165, 1.54) is 6.42 Å². The third-order valence-electron chi connectivity index (χ3n) is 4.07. The molecule has 0 aromatic heterocycles. The molecule has 1 nitrogen and oxygen atoms in total. The van der Waals surface area contributed by atoms with Crippen LogP contribution in [0.4, 0.5) is 0 Å². The van der Waals surface area contributed by atoms with Crippen LogP contribution in [0, 0.1) is 11.3 Å². The maximum Gasteiger partial charge on any atom is 0.0861 e. The van der Waals surface area contributed by atoms with E-state index in [1.54, 1.807) is 6.08 Å². The Balaban J connectivity index is 2.84. The highest BCUT2D eigenvalue weighted by atomic mass is 16.3. The van der Waals surface area contributed by atoms with Crippen molar-refractivity contribution in [3.8, 4) is 0 Å². The second kappa shape index (κ2) is 5.18. The van der Waals surface area contributed by atoms with Gasteiger partial charge in [0.05, 0.1) is 5.60 Å². The highest BCUT2D eigenvalue weighted by Gasteiger charge is 2.45. The summed E-state index contributed by atoms with van der Waals surface area (Å²) in [4.78, 5) is 0. The zero-order chi connectivity index (χ0) is 12.2. The highest BCUT2D eigenvalue weighted by molar-refractivity contribution is 5.09. The number of hydrogen-bond acceptors (Lipinski definition) is 1. The predicted octanol–water partition coefficient (Wildman–Crippen LogP) is 4.09. The van der Waals surface area contributed by atoms with Crippen LogP contribution in [-0.4, -0.2) is 10.7 Å². The Bertz CT molecular complexity index is 265. The third kappa shape index (κ3) is 2.76. The summed E-state index contributed by atoms with van der Waals surface area (Å²) in [6.45, 7) is 10.5. The quantitative estimate of drug-likeness (QED) is 0.710. The van der Waals surface area contributed by atoms with Crippen molar-refractivity contribution in [3.63, 3.8) is 0 Å². The van der Waals surface area contributed by atoms with Crippen molar-refractivity contribution in [2.24, 2.45) is 11.3 Å². The first-order chi connectivity index (χ1) is 7.46. The van der Waals surface area contributed by atoms with Crippen molar-refractivity contribution in [2.45, 2.75) is 58.5 Å². The first-order valence-corrected chi connectivity index (χ1v) is 6.47. The first kappa shape index (κ1) is 13.5. The van der Waals surface area contributed by atoms with E-state index >= 15 is 0 Å². The number of aliphatic hydroxyl groups is 1. The van der Waals surface area contributed by atoms with Crippen LogP contribution >= 0.6 is 0 Å². The summed E-state index contributed by atoms with van der Waals surface area (Å²) >= 11 is 0. The van der Waals surface area contributed by atoms with E-state index in [-0.39, 0.29) is 5.41 Å². The summed E-state index contributed by atoms with van der Waals surface area (Å²) in [7, 11) is 0. The van der Waals surface area contributed by atoms with Gasteiger partial charge in [0.15, 0.2) is 0 Å². The number of allylic oxidation sites excluding steroid dienone is 2. The summed E-state index contributed by atoms with van der Waals surface area (Å²) in [5.74, 6) is 0.300. The number of hydrogen-bond donors (Lipinski definition) is 1. The molecule has 1 fully saturated rings. The van der Waals surface area contributed by atoms with Crippen molar-refractivity contribution >= 4 is 0 Å². The van der Waals surface area contributed by atoms with Gasteiger partial charge in [-0.15, -0.1) is 6.58 Å². The molecule has 0 aliphatic heterocycles. The van der Waals surface area contributed by atoms with Gasteiger partial charge < -0.3 is 5.11 Å². The van der Waals surface area contributed by atoms with Crippen molar-refractivity contribution in [3.05, 3.63) is 24.8 Å². The summed E-state index contributed by atoms with van der Waals surface area (Å²) < 4.78 is 0. The van der Waals surface area contributed by atoms with E-state index in [0.717, 1.165) is 25.7 Å². The van der Waals surface area contributed by atoms with E-state index in [0.29, 0.717) is 5.92 Å². The zero-order valence-electron chi connectivity index (χ0n) is 11.0. The molecular weight excluding hydrogens is 196 g/mol. The fraction of sp³-hybridized carbons (Fsp3) is 0.733. The molecule has 0 aromatic rings. The number of rotatable bonds is 4. The lowest BCUT2D eigenvalue weighted by atomic mass is 9.60. The predicted molar refractivity (Wildman–Crippen MR) is 70.3 cm³/mol. The highest BCUT2D eigenvalue weighted by Crippen LogP contribution is 2.48. The zero-order valence-corrected chi connectivity index (χ0v) is 11.0. The van der Waals surface area contributed by atoms with Crippen molar-refractivity contribution < 1.29 is 5.11 Å². The first-order valence-electron chi connectivity index (χ1n) is 6.47. The summed E-state index contributed by atoms with van der Waals surface area (Å²) in [6.07, 6.45) is 11.4. The fourth-order valence-electron chi connectivity index (χ4n) is 3.02. The molecule has 1 aliphatic carbocycles. The third-order valence-corrected chi connectivity index (χ3v) is 4.07. The van der Waals surface area contributed by atoms with Crippen LogP contribution in [0.3, 0.4) is 0 Å². The van der Waals surface area contributed by atoms with Crippen LogP contribution in [0.25, 0.3) is 0 Å². The van der Waals surface area contributed by atoms with Gasteiger partial charge in [0.1, 0.15) is 0 Å². The van der Waals surface area contributed by atoms with Crippen LogP contribution in [0.1, 0.15) is 52.9 Å². The van der Waals surface area contributed by atoms with Crippen LogP contribution in [-0.2, 0) is 0 Å². The van der Waals surface area contributed by atoms with Crippen LogP contribution < -0.4 is 0 Å². The lowest BCUT2D eigenvalue weighted by molar-refractivity contribution is -0.0653. The molecule has 2 atom stereocenters. The van der Waals surface area contributed by atoms with Gasteiger partial charge >= 0.3 is 0 Å². The smallest absolute Gasteiger partial charge is 0.0861 e. The summed E-state index contributed by atoms with van der Waals surface area (Å²) in [5, 5.41) is 10.6. The molecule has 0 radical (unpaired) electrons. The van der Waals surface area contributed by atoms with Gasteiger partial charge in [-0.1, -0.05) is 39.0 Å². The van der Waals surface area contributed by atoms with Gasteiger partial charge in [-0.2, -0.15) is 0 Å². The minimum atomic E-state index is -0.667. The molecule has 92 valence electrons. The molecule has 0 saturated heterocycles. The van der Waals surface area contributed by atoms with E-state index < -0.39 is 5.60 Å². The standard InChI is InChI=1S/C15H26O/c1-5-7-8-10-13-14(3,4)11-9-12-15(13,16)6-2/h6-8,13,16H,2,5,9-12H2,1,3-4H3/b8-7-/t13-,15+/m0/s1. The topological polar surface area (TPSA) is 20.2 Å². The minimum absolute atomic E-state index is 0.208. The molecule has 0 aromatic carbocycles. The van der Waals surface area contributed by atoms with Crippen molar-refractivity contribution in [1.82, 2.24) is 0 Å². The largest absolute Gasteiger partial charge is 0.385 e. The van der Waals surface area contributed by atoms with Gasteiger partial charge in [0, 0.05) is 0 Å². The maximum absolute atomic E-state index is 10.6. The Morgan fingerprint density at radius 3 is 2.56 bits per heavy atom. The molecule has 1 rings (SSSR count). The fourth-order valence-corrected chi connectivity index (χ4v) is 3.02. The lowest BCUT2D eigenvalue weighted by Crippen LogP contribution is -2.47. The summed E-state index contributed by atoms with van der Waals surface area (Å²) in [6, 6.07) is 0. The lowest BCUT2D eigenvalue weighted by Gasteiger charge is -2.48. The molecule has 0 bridgehead atoms. The average molecular weight is 222 g/mol. The van der Waals surface area contributed by atoms with Gasteiger partial charge in [-0.3, -0.25) is 0 Å². The van der Waals surface area contributed by atoms with Gasteiger partial charge in [0.25, 0.3) is 0 Å². The molecule has 0 heterocycles. The maximum atomic E-state index is 10.6. The Hall–Kier alpha value is -0.560. The SMILES string of the molecule is C=C[C@@]1(O)CCCC(C)(C)[C@@H]1C/C=C\CC.